The molecule has 0 radical (unpaired) electrons. The van der Waals surface area contributed by atoms with E-state index in [2.05, 4.69) is 20.9 Å². The molecule has 0 fully saturated rings. The van der Waals surface area contributed by atoms with Gasteiger partial charge < -0.3 is 14.2 Å². The lowest BCUT2D eigenvalue weighted by atomic mass is 10.2. The van der Waals surface area contributed by atoms with E-state index in [-0.39, 0.29) is 0 Å². The van der Waals surface area contributed by atoms with Gasteiger partial charge in [-0.15, -0.1) is 0 Å². The number of nitrogens with zero attached hydrogens (tertiary/aromatic N) is 1. The van der Waals surface area contributed by atoms with E-state index >= 15 is 0 Å². The molecule has 3 aromatic rings. The Labute approximate surface area is 177 Å². The highest BCUT2D eigenvalue weighted by atomic mass is 79.9. The van der Waals surface area contributed by atoms with Gasteiger partial charge in [0.25, 0.3) is 0 Å². The van der Waals surface area contributed by atoms with Crippen molar-refractivity contribution in [1.82, 2.24) is 0 Å². The van der Waals surface area contributed by atoms with Gasteiger partial charge in [0.1, 0.15) is 12.4 Å². The Morgan fingerprint density at radius 1 is 1.00 bits per heavy atom. The molecule has 0 atom stereocenters. The van der Waals surface area contributed by atoms with E-state index in [0.717, 1.165) is 27.0 Å². The summed E-state index contributed by atoms with van der Waals surface area (Å²) < 4.78 is 17.4. The van der Waals surface area contributed by atoms with E-state index in [4.69, 9.17) is 25.8 Å². The van der Waals surface area contributed by atoms with Crippen LogP contribution in [0.1, 0.15) is 11.1 Å². The van der Waals surface area contributed by atoms with Crippen LogP contribution in [0.15, 0.2) is 70.1 Å². The first-order valence-corrected chi connectivity index (χ1v) is 9.69. The molecule has 6 heteroatoms. The SMILES string of the molecule is COc1ccc(N=Cc2cc(Br)c(OCc3ccccc3Cl)c(OC)c2)cc1. The molecule has 0 saturated carbocycles. The largest absolute Gasteiger partial charge is 0.497 e. The fraction of sp³-hybridized carbons (Fsp3) is 0.136. The molecule has 0 heterocycles. The molecule has 0 amide bonds. The first-order valence-electron chi connectivity index (χ1n) is 8.52. The Balaban J connectivity index is 1.78. The summed E-state index contributed by atoms with van der Waals surface area (Å²) in [6.45, 7) is 0.341. The van der Waals surface area contributed by atoms with E-state index in [1.165, 1.54) is 0 Å². The Hall–Kier alpha value is -2.50. The van der Waals surface area contributed by atoms with E-state index in [1.807, 2.05) is 60.7 Å². The first kappa shape index (κ1) is 20.2. The highest BCUT2D eigenvalue weighted by Gasteiger charge is 2.12. The molecule has 28 heavy (non-hydrogen) atoms. The number of methoxy groups -OCH3 is 2. The third-order valence-electron chi connectivity index (χ3n) is 4.02. The Morgan fingerprint density at radius 3 is 2.43 bits per heavy atom. The number of hydrogen-bond acceptors (Lipinski definition) is 4. The predicted molar refractivity (Wildman–Crippen MR) is 117 cm³/mol. The average Bonchev–Trinajstić information content (AvgIpc) is 2.72. The molecule has 3 aromatic carbocycles. The van der Waals surface area contributed by atoms with Gasteiger partial charge in [-0.2, -0.15) is 0 Å². The molecule has 0 unspecified atom stereocenters. The molecule has 0 bridgehead atoms. The third kappa shape index (κ3) is 5.06. The third-order valence-corrected chi connectivity index (χ3v) is 4.97. The highest BCUT2D eigenvalue weighted by molar-refractivity contribution is 9.10. The van der Waals surface area contributed by atoms with E-state index in [0.29, 0.717) is 23.1 Å². The van der Waals surface area contributed by atoms with Crippen molar-refractivity contribution in [3.05, 3.63) is 81.3 Å². The van der Waals surface area contributed by atoms with Crippen molar-refractivity contribution in [2.45, 2.75) is 6.61 Å². The Kier molecular flexibility index (Phi) is 6.95. The minimum absolute atomic E-state index is 0.341. The van der Waals surface area contributed by atoms with Crippen molar-refractivity contribution in [2.24, 2.45) is 4.99 Å². The van der Waals surface area contributed by atoms with Gasteiger partial charge in [0.2, 0.25) is 0 Å². The summed E-state index contributed by atoms with van der Waals surface area (Å²) in [7, 11) is 3.24. The number of aliphatic imine (C=N–C) groups is 1. The molecular formula is C22H19BrClNO3. The second-order valence-electron chi connectivity index (χ2n) is 5.87. The molecule has 144 valence electrons. The minimum Gasteiger partial charge on any atom is -0.497 e. The lowest BCUT2D eigenvalue weighted by Crippen LogP contribution is -2.00. The predicted octanol–water partition coefficient (Wildman–Crippen LogP) is 6.45. The number of halogens is 2. The number of benzene rings is 3. The summed E-state index contributed by atoms with van der Waals surface area (Å²) >= 11 is 9.76. The monoisotopic (exact) mass is 459 g/mol. The molecular weight excluding hydrogens is 442 g/mol. The molecule has 0 aromatic heterocycles. The van der Waals surface area contributed by atoms with Crippen molar-refractivity contribution in [3.8, 4) is 17.2 Å². The van der Waals surface area contributed by atoms with Crippen LogP contribution < -0.4 is 14.2 Å². The molecule has 0 spiro atoms. The van der Waals surface area contributed by atoms with E-state index < -0.39 is 0 Å². The molecule has 0 aliphatic rings. The van der Waals surface area contributed by atoms with Crippen molar-refractivity contribution < 1.29 is 14.2 Å². The second kappa shape index (κ2) is 9.62. The normalized spacial score (nSPS) is 10.9. The van der Waals surface area contributed by atoms with Crippen LogP contribution in [-0.4, -0.2) is 20.4 Å². The number of rotatable bonds is 7. The molecule has 4 nitrogen and oxygen atoms in total. The van der Waals surface area contributed by atoms with Crippen LogP contribution in [0.3, 0.4) is 0 Å². The van der Waals surface area contributed by atoms with Crippen LogP contribution in [0, 0.1) is 0 Å². The summed E-state index contributed by atoms with van der Waals surface area (Å²) in [5.74, 6) is 2.02. The van der Waals surface area contributed by atoms with Crippen molar-refractivity contribution >= 4 is 39.4 Å². The van der Waals surface area contributed by atoms with Gasteiger partial charge in [-0.25, -0.2) is 0 Å². The first-order chi connectivity index (χ1) is 13.6. The zero-order valence-corrected chi connectivity index (χ0v) is 17.8. The summed E-state index contributed by atoms with van der Waals surface area (Å²) in [5, 5.41) is 0.667. The number of ether oxygens (including phenoxy) is 3. The maximum atomic E-state index is 6.20. The fourth-order valence-electron chi connectivity index (χ4n) is 2.54. The van der Waals surface area contributed by atoms with E-state index in [9.17, 15) is 0 Å². The summed E-state index contributed by atoms with van der Waals surface area (Å²) in [5.41, 5.74) is 2.61. The van der Waals surface area contributed by atoms with Gasteiger partial charge in [-0.05, 0) is 64.0 Å². The van der Waals surface area contributed by atoms with Crippen molar-refractivity contribution in [1.29, 1.82) is 0 Å². The van der Waals surface area contributed by atoms with Crippen LogP contribution >= 0.6 is 27.5 Å². The van der Waals surface area contributed by atoms with Crippen LogP contribution in [0.2, 0.25) is 5.02 Å². The fourth-order valence-corrected chi connectivity index (χ4v) is 3.30. The Bertz CT molecular complexity index is 974. The lowest BCUT2D eigenvalue weighted by molar-refractivity contribution is 0.282. The van der Waals surface area contributed by atoms with Gasteiger partial charge in [0.15, 0.2) is 11.5 Å². The van der Waals surface area contributed by atoms with Crippen LogP contribution in [0.5, 0.6) is 17.2 Å². The summed E-state index contributed by atoms with van der Waals surface area (Å²) in [4.78, 5) is 4.49. The number of hydrogen-bond donors (Lipinski definition) is 0. The zero-order chi connectivity index (χ0) is 19.9. The quantitative estimate of drug-likeness (QED) is 0.380. The average molecular weight is 461 g/mol. The van der Waals surface area contributed by atoms with Gasteiger partial charge in [0, 0.05) is 16.8 Å². The summed E-state index contributed by atoms with van der Waals surface area (Å²) in [6.07, 6.45) is 1.77. The maximum absolute atomic E-state index is 6.20. The maximum Gasteiger partial charge on any atom is 0.175 e. The van der Waals surface area contributed by atoms with Crippen LogP contribution in [0.25, 0.3) is 0 Å². The van der Waals surface area contributed by atoms with Gasteiger partial charge >= 0.3 is 0 Å². The molecule has 0 N–H and O–H groups in total. The minimum atomic E-state index is 0.341. The molecule has 0 aliphatic heterocycles. The second-order valence-corrected chi connectivity index (χ2v) is 7.13. The van der Waals surface area contributed by atoms with Crippen LogP contribution in [0.4, 0.5) is 5.69 Å². The van der Waals surface area contributed by atoms with Crippen LogP contribution in [-0.2, 0) is 6.61 Å². The zero-order valence-electron chi connectivity index (χ0n) is 15.5. The van der Waals surface area contributed by atoms with Crippen molar-refractivity contribution in [3.63, 3.8) is 0 Å². The topological polar surface area (TPSA) is 40.0 Å². The summed E-state index contributed by atoms with van der Waals surface area (Å²) in [6, 6.07) is 18.9. The molecule has 0 aliphatic carbocycles. The molecule has 0 saturated heterocycles. The standard InChI is InChI=1S/C22H19BrClNO3/c1-26-18-9-7-17(8-10-18)25-13-15-11-19(23)22(21(12-15)27-2)28-14-16-5-3-4-6-20(16)24/h3-13H,14H2,1-2H3. The van der Waals surface area contributed by atoms with E-state index in [1.54, 1.807) is 20.4 Å². The lowest BCUT2D eigenvalue weighted by Gasteiger charge is -2.14. The van der Waals surface area contributed by atoms with Gasteiger partial charge in [-0.3, -0.25) is 4.99 Å². The Morgan fingerprint density at radius 2 is 1.75 bits per heavy atom. The van der Waals surface area contributed by atoms with Crippen molar-refractivity contribution in [2.75, 3.05) is 14.2 Å². The smallest absolute Gasteiger partial charge is 0.175 e. The highest BCUT2D eigenvalue weighted by Crippen LogP contribution is 2.37. The van der Waals surface area contributed by atoms with Gasteiger partial charge in [0.05, 0.1) is 24.4 Å². The van der Waals surface area contributed by atoms with Gasteiger partial charge in [-0.1, -0.05) is 29.8 Å². The molecule has 3 rings (SSSR count).